The van der Waals surface area contributed by atoms with Crippen molar-refractivity contribution < 1.29 is 4.74 Å². The standard InChI is InChI=1S/C15H17N3O/c16-12-7-4-5-9-14(12)19-15-11-6-2-1-3-8-13(11)17-10-18-15/h4-5,7,9-10H,1-3,6,8,16H2. The number of aromatic nitrogens is 2. The van der Waals surface area contributed by atoms with Gasteiger partial charge in [-0.25, -0.2) is 9.97 Å². The van der Waals surface area contributed by atoms with E-state index >= 15 is 0 Å². The van der Waals surface area contributed by atoms with Gasteiger partial charge >= 0.3 is 0 Å². The van der Waals surface area contributed by atoms with Gasteiger partial charge in [-0.2, -0.15) is 0 Å². The summed E-state index contributed by atoms with van der Waals surface area (Å²) in [6.45, 7) is 0. The second-order valence-electron chi connectivity index (χ2n) is 4.80. The lowest BCUT2D eigenvalue weighted by atomic mass is 10.1. The summed E-state index contributed by atoms with van der Waals surface area (Å²) in [5.41, 5.74) is 8.80. The molecule has 0 unspecified atom stereocenters. The number of nitrogens with zero attached hydrogens (tertiary/aromatic N) is 2. The fourth-order valence-corrected chi connectivity index (χ4v) is 2.43. The minimum Gasteiger partial charge on any atom is -0.436 e. The van der Waals surface area contributed by atoms with Crippen molar-refractivity contribution in [3.8, 4) is 11.6 Å². The highest BCUT2D eigenvalue weighted by Gasteiger charge is 2.16. The molecule has 0 amide bonds. The van der Waals surface area contributed by atoms with Gasteiger partial charge in [-0.05, 0) is 37.8 Å². The minimum absolute atomic E-state index is 0.628. The predicted molar refractivity (Wildman–Crippen MR) is 74.2 cm³/mol. The van der Waals surface area contributed by atoms with E-state index in [2.05, 4.69) is 9.97 Å². The van der Waals surface area contributed by atoms with Gasteiger partial charge < -0.3 is 10.5 Å². The first-order valence-corrected chi connectivity index (χ1v) is 6.69. The summed E-state index contributed by atoms with van der Waals surface area (Å²) in [5, 5.41) is 0. The van der Waals surface area contributed by atoms with E-state index in [4.69, 9.17) is 10.5 Å². The highest BCUT2D eigenvalue weighted by atomic mass is 16.5. The number of rotatable bonds is 2. The van der Waals surface area contributed by atoms with E-state index < -0.39 is 0 Å². The Hall–Kier alpha value is -2.10. The quantitative estimate of drug-likeness (QED) is 0.661. The molecule has 0 spiro atoms. The average molecular weight is 255 g/mol. The molecule has 0 atom stereocenters. The maximum atomic E-state index is 5.91. The molecule has 0 saturated carbocycles. The zero-order valence-electron chi connectivity index (χ0n) is 10.8. The molecular weight excluding hydrogens is 238 g/mol. The normalized spacial score (nSPS) is 14.5. The van der Waals surface area contributed by atoms with E-state index in [1.165, 1.54) is 19.3 Å². The van der Waals surface area contributed by atoms with Crippen LogP contribution in [0.4, 0.5) is 5.69 Å². The van der Waals surface area contributed by atoms with Crippen molar-refractivity contribution in [1.29, 1.82) is 0 Å². The number of fused-ring (bicyclic) bond motifs is 1. The molecule has 0 bridgehead atoms. The first-order chi connectivity index (χ1) is 9.34. The van der Waals surface area contributed by atoms with Crippen molar-refractivity contribution in [2.24, 2.45) is 0 Å². The lowest BCUT2D eigenvalue weighted by molar-refractivity contribution is 0.455. The predicted octanol–water partition coefficient (Wildman–Crippen LogP) is 3.12. The molecular formula is C15H17N3O. The average Bonchev–Trinajstić information content (AvgIpc) is 2.67. The van der Waals surface area contributed by atoms with Crippen molar-refractivity contribution in [3.63, 3.8) is 0 Å². The molecule has 4 nitrogen and oxygen atoms in total. The third-order valence-corrected chi connectivity index (χ3v) is 3.46. The van der Waals surface area contributed by atoms with Gasteiger partial charge in [0.2, 0.25) is 5.88 Å². The summed E-state index contributed by atoms with van der Waals surface area (Å²) < 4.78 is 5.89. The van der Waals surface area contributed by atoms with Crippen LogP contribution in [0.25, 0.3) is 0 Å². The summed E-state index contributed by atoms with van der Waals surface area (Å²) in [7, 11) is 0. The van der Waals surface area contributed by atoms with Crippen LogP contribution in [0, 0.1) is 0 Å². The summed E-state index contributed by atoms with van der Waals surface area (Å²) >= 11 is 0. The van der Waals surface area contributed by atoms with Crippen LogP contribution in [0.5, 0.6) is 11.6 Å². The Morgan fingerprint density at radius 3 is 2.74 bits per heavy atom. The number of aryl methyl sites for hydroxylation is 1. The number of ether oxygens (including phenoxy) is 1. The van der Waals surface area contributed by atoms with Crippen molar-refractivity contribution in [2.75, 3.05) is 5.73 Å². The van der Waals surface area contributed by atoms with Crippen LogP contribution in [0.1, 0.15) is 30.5 Å². The molecule has 4 heteroatoms. The van der Waals surface area contributed by atoms with E-state index in [1.807, 2.05) is 24.3 Å². The van der Waals surface area contributed by atoms with Crippen LogP contribution in [-0.4, -0.2) is 9.97 Å². The van der Waals surface area contributed by atoms with Gasteiger partial charge in [0.25, 0.3) is 0 Å². The molecule has 0 aliphatic heterocycles. The fraction of sp³-hybridized carbons (Fsp3) is 0.333. The highest BCUT2D eigenvalue weighted by molar-refractivity contribution is 5.53. The number of para-hydroxylation sites is 2. The van der Waals surface area contributed by atoms with Crippen molar-refractivity contribution >= 4 is 5.69 Å². The highest BCUT2D eigenvalue weighted by Crippen LogP contribution is 2.31. The molecule has 1 aromatic heterocycles. The van der Waals surface area contributed by atoms with Crippen LogP contribution in [0.15, 0.2) is 30.6 Å². The van der Waals surface area contributed by atoms with E-state index in [0.717, 1.165) is 24.1 Å². The first-order valence-electron chi connectivity index (χ1n) is 6.69. The van der Waals surface area contributed by atoms with Crippen molar-refractivity contribution in [2.45, 2.75) is 32.1 Å². The largest absolute Gasteiger partial charge is 0.436 e. The van der Waals surface area contributed by atoms with Crippen molar-refractivity contribution in [3.05, 3.63) is 41.9 Å². The maximum Gasteiger partial charge on any atom is 0.225 e. The Kier molecular flexibility index (Phi) is 3.31. The van der Waals surface area contributed by atoms with Crippen LogP contribution >= 0.6 is 0 Å². The van der Waals surface area contributed by atoms with Gasteiger partial charge in [-0.15, -0.1) is 0 Å². The fourth-order valence-electron chi connectivity index (χ4n) is 2.43. The Bertz CT molecular complexity index is 583. The number of hydrogen-bond acceptors (Lipinski definition) is 4. The molecule has 1 aliphatic carbocycles. The second-order valence-corrected chi connectivity index (χ2v) is 4.80. The topological polar surface area (TPSA) is 61.0 Å². The molecule has 1 aliphatic rings. The summed E-state index contributed by atoms with van der Waals surface area (Å²) in [4.78, 5) is 8.66. The molecule has 1 heterocycles. The third-order valence-electron chi connectivity index (χ3n) is 3.46. The molecule has 2 aromatic rings. The SMILES string of the molecule is Nc1ccccc1Oc1ncnc2c1CCCCC2. The zero-order chi connectivity index (χ0) is 13.1. The number of nitrogen functional groups attached to an aromatic ring is 1. The lowest BCUT2D eigenvalue weighted by Gasteiger charge is -2.12. The summed E-state index contributed by atoms with van der Waals surface area (Å²) in [6, 6.07) is 7.49. The number of hydrogen-bond donors (Lipinski definition) is 1. The van der Waals surface area contributed by atoms with Crippen LogP contribution < -0.4 is 10.5 Å². The van der Waals surface area contributed by atoms with E-state index in [-0.39, 0.29) is 0 Å². The zero-order valence-corrected chi connectivity index (χ0v) is 10.8. The molecule has 0 radical (unpaired) electrons. The molecule has 0 saturated heterocycles. The van der Waals surface area contributed by atoms with Gasteiger partial charge in [0.15, 0.2) is 5.75 Å². The lowest BCUT2D eigenvalue weighted by Crippen LogP contribution is -2.02. The summed E-state index contributed by atoms with van der Waals surface area (Å²) in [5.74, 6) is 1.32. The van der Waals surface area contributed by atoms with Gasteiger partial charge in [-0.3, -0.25) is 0 Å². The molecule has 3 rings (SSSR count). The van der Waals surface area contributed by atoms with Gasteiger partial charge in [0, 0.05) is 5.56 Å². The second kappa shape index (κ2) is 5.26. The molecule has 1 aromatic carbocycles. The van der Waals surface area contributed by atoms with E-state index in [1.54, 1.807) is 6.33 Å². The monoisotopic (exact) mass is 255 g/mol. The Morgan fingerprint density at radius 2 is 1.84 bits per heavy atom. The smallest absolute Gasteiger partial charge is 0.225 e. The molecule has 19 heavy (non-hydrogen) atoms. The van der Waals surface area contributed by atoms with Gasteiger partial charge in [-0.1, -0.05) is 18.6 Å². The molecule has 98 valence electrons. The summed E-state index contributed by atoms with van der Waals surface area (Å²) in [6.07, 6.45) is 7.18. The van der Waals surface area contributed by atoms with Crippen LogP contribution in [0.3, 0.4) is 0 Å². The van der Waals surface area contributed by atoms with E-state index in [0.29, 0.717) is 17.3 Å². The Labute approximate surface area is 112 Å². The van der Waals surface area contributed by atoms with Gasteiger partial charge in [0.1, 0.15) is 6.33 Å². The first kappa shape index (κ1) is 12.0. The maximum absolute atomic E-state index is 5.91. The third kappa shape index (κ3) is 2.52. The van der Waals surface area contributed by atoms with Gasteiger partial charge in [0.05, 0.1) is 11.4 Å². The van der Waals surface area contributed by atoms with Crippen molar-refractivity contribution in [1.82, 2.24) is 9.97 Å². The van der Waals surface area contributed by atoms with Crippen LogP contribution in [0.2, 0.25) is 0 Å². The van der Waals surface area contributed by atoms with Crippen LogP contribution in [-0.2, 0) is 12.8 Å². The Morgan fingerprint density at radius 1 is 1.00 bits per heavy atom. The van der Waals surface area contributed by atoms with E-state index in [9.17, 15) is 0 Å². The Balaban J connectivity index is 1.95. The molecule has 0 fully saturated rings. The number of nitrogens with two attached hydrogens (primary N) is 1. The number of anilines is 1. The minimum atomic E-state index is 0.628. The molecule has 2 N–H and O–H groups in total. The number of benzene rings is 1.